The number of rotatable bonds is 4. The van der Waals surface area contributed by atoms with Crippen molar-refractivity contribution in [2.75, 3.05) is 74.5 Å². The third-order valence-electron chi connectivity index (χ3n) is 12.3. The monoisotopic (exact) mass is 858 g/mol. The van der Waals surface area contributed by atoms with E-state index in [1.807, 2.05) is 71.8 Å². The molecule has 8 aliphatic rings. The van der Waals surface area contributed by atoms with Gasteiger partial charge >= 0.3 is 0 Å². The number of hydrogen-bond donors (Lipinski definition) is 0. The van der Waals surface area contributed by atoms with Gasteiger partial charge in [0.2, 0.25) is 0 Å². The van der Waals surface area contributed by atoms with Crippen molar-refractivity contribution in [2.45, 2.75) is 39.7 Å². The van der Waals surface area contributed by atoms with E-state index < -0.39 is 0 Å². The van der Waals surface area contributed by atoms with Gasteiger partial charge in [-0.3, -0.25) is 0 Å². The standard InChI is InChI=1S/C42H36B2N12S4/c1-49-5-9-53(21-49)25-13-29-39(45-17-25)57-35-33-36(58-40-30(43(29)33)14-26(18-46-40)54-10-6-50(2)22-54)38-34-37(35)59-41-31(15-27(19-47-41)55-11-7-51(3)23-55)44(34)32-16-28(20-48-42(32)60-38)56-12-8-52(4)24-56/h5-20H,21-24H2,1-4H3. The minimum atomic E-state index is -0.0522. The second-order valence-electron chi connectivity index (χ2n) is 16.4. The molecule has 4 aromatic heterocycles. The molecule has 0 aliphatic carbocycles. The first kappa shape index (κ1) is 35.5. The van der Waals surface area contributed by atoms with E-state index in [1.165, 1.54) is 52.4 Å². The third-order valence-corrected chi connectivity index (χ3v) is 17.2. The average Bonchev–Trinajstić information content (AvgIpc) is 4.10. The molecule has 60 heavy (non-hydrogen) atoms. The zero-order valence-corrected chi connectivity index (χ0v) is 36.5. The molecule has 18 heteroatoms. The fourth-order valence-corrected chi connectivity index (χ4v) is 14.5. The van der Waals surface area contributed by atoms with E-state index >= 15 is 0 Å². The zero-order valence-electron chi connectivity index (χ0n) is 33.2. The van der Waals surface area contributed by atoms with Gasteiger partial charge in [-0.2, -0.15) is 0 Å². The molecule has 12 heterocycles. The summed E-state index contributed by atoms with van der Waals surface area (Å²) in [6, 6.07) is 9.52. The maximum atomic E-state index is 5.29. The van der Waals surface area contributed by atoms with Crippen LogP contribution < -0.4 is 52.4 Å². The highest BCUT2D eigenvalue weighted by atomic mass is 32.2. The lowest BCUT2D eigenvalue weighted by atomic mass is 9.34. The van der Waals surface area contributed by atoms with Crippen molar-refractivity contribution in [3.8, 4) is 0 Å². The van der Waals surface area contributed by atoms with Gasteiger partial charge in [-0.05, 0) is 57.0 Å². The van der Waals surface area contributed by atoms with Crippen molar-refractivity contribution >= 4 is 116 Å². The van der Waals surface area contributed by atoms with Crippen LogP contribution in [-0.2, 0) is 0 Å². The Balaban J connectivity index is 1.03. The van der Waals surface area contributed by atoms with E-state index in [9.17, 15) is 0 Å². The van der Waals surface area contributed by atoms with Crippen molar-refractivity contribution in [3.05, 3.63) is 98.7 Å². The first-order valence-electron chi connectivity index (χ1n) is 19.9. The van der Waals surface area contributed by atoms with Crippen molar-refractivity contribution in [1.82, 2.24) is 39.5 Å². The quantitative estimate of drug-likeness (QED) is 0.244. The van der Waals surface area contributed by atoms with E-state index in [0.717, 1.165) is 69.5 Å². The second kappa shape index (κ2) is 13.1. The topological polar surface area (TPSA) is 77.5 Å². The molecule has 8 aliphatic heterocycles. The van der Waals surface area contributed by atoms with Crippen LogP contribution in [-0.4, -0.2) is 108 Å². The third kappa shape index (κ3) is 5.32. The van der Waals surface area contributed by atoms with Crippen LogP contribution in [0.3, 0.4) is 0 Å². The largest absolute Gasteiger partial charge is 0.361 e. The fraction of sp³-hybridized carbons (Fsp3) is 0.190. The lowest BCUT2D eigenvalue weighted by molar-refractivity contribution is 0.495. The highest BCUT2D eigenvalue weighted by Crippen LogP contribution is 2.50. The molecule has 1 aromatic carbocycles. The number of hydrogen-bond acceptors (Lipinski definition) is 16. The fourth-order valence-electron chi connectivity index (χ4n) is 9.38. The van der Waals surface area contributed by atoms with Crippen LogP contribution in [0.15, 0.2) is 138 Å². The summed E-state index contributed by atoms with van der Waals surface area (Å²) in [5.41, 5.74) is 12.0. The van der Waals surface area contributed by atoms with Crippen LogP contribution in [0.25, 0.3) is 0 Å². The van der Waals surface area contributed by atoms with E-state index in [1.54, 1.807) is 0 Å². The molecular formula is C42H36B2N12S4. The van der Waals surface area contributed by atoms with Crippen molar-refractivity contribution < 1.29 is 0 Å². The molecule has 0 bridgehead atoms. The van der Waals surface area contributed by atoms with Crippen LogP contribution >= 0.6 is 47.0 Å². The Hall–Kier alpha value is -5.29. The van der Waals surface area contributed by atoms with Gasteiger partial charge in [-0.25, -0.2) is 19.9 Å². The van der Waals surface area contributed by atoms with Crippen molar-refractivity contribution in [3.63, 3.8) is 0 Å². The summed E-state index contributed by atoms with van der Waals surface area (Å²) in [6.45, 7) is 3.05. The SMILES string of the molecule is CN1C=CN(c2cnc3c(c2)B2c4cc(N5C=CN(C)C5)cnc4Sc4c5c6c(c(c42)S3)Sc2ncc(N3C=CN(C)C3)cc2B6c2cc(N3C=CN(C)C3)cnc2S5)C1. The van der Waals surface area contributed by atoms with Gasteiger partial charge in [-0.1, -0.05) is 47.0 Å². The minimum Gasteiger partial charge on any atom is -0.361 e. The lowest BCUT2D eigenvalue weighted by Crippen LogP contribution is -2.63. The highest BCUT2D eigenvalue weighted by molar-refractivity contribution is 8.05. The smallest absolute Gasteiger partial charge is 0.251 e. The summed E-state index contributed by atoms with van der Waals surface area (Å²) in [6.07, 6.45) is 25.3. The summed E-state index contributed by atoms with van der Waals surface area (Å²) in [5.74, 6) is 0. The van der Waals surface area contributed by atoms with Gasteiger partial charge in [0.25, 0.3) is 13.4 Å². The molecule has 0 spiro atoms. The molecule has 0 saturated carbocycles. The molecular weight excluding hydrogens is 822 g/mol. The number of anilines is 4. The molecule has 12 nitrogen and oxygen atoms in total. The molecule has 0 unspecified atom stereocenters. The maximum Gasteiger partial charge on any atom is 0.251 e. The zero-order chi connectivity index (χ0) is 40.0. The maximum absolute atomic E-state index is 5.29. The van der Waals surface area contributed by atoms with E-state index in [0.29, 0.717) is 0 Å². The van der Waals surface area contributed by atoms with Gasteiger partial charge in [0.15, 0.2) is 0 Å². The van der Waals surface area contributed by atoms with Gasteiger partial charge in [0.05, 0.1) is 94.3 Å². The van der Waals surface area contributed by atoms with Crippen molar-refractivity contribution in [2.24, 2.45) is 0 Å². The number of nitrogens with zero attached hydrogens (tertiary/aromatic N) is 12. The summed E-state index contributed by atoms with van der Waals surface area (Å²) in [5, 5.41) is 4.20. The molecule has 0 radical (unpaired) electrons. The molecule has 0 saturated heterocycles. The van der Waals surface area contributed by atoms with Crippen LogP contribution in [0.2, 0.25) is 0 Å². The Morgan fingerprint density at radius 1 is 0.383 bits per heavy atom. The molecule has 0 N–H and O–H groups in total. The van der Waals surface area contributed by atoms with Crippen LogP contribution in [0.4, 0.5) is 22.7 Å². The predicted octanol–water partition coefficient (Wildman–Crippen LogP) is 2.88. The molecule has 294 valence electrons. The first-order valence-corrected chi connectivity index (χ1v) is 23.1. The van der Waals surface area contributed by atoms with E-state index in [2.05, 4.69) is 141 Å². The first-order chi connectivity index (χ1) is 29.3. The normalized spacial score (nSPS) is 18.5. The van der Waals surface area contributed by atoms with E-state index in [-0.39, 0.29) is 13.4 Å². The second-order valence-corrected chi connectivity index (χ2v) is 20.4. The van der Waals surface area contributed by atoms with Gasteiger partial charge in [-0.15, -0.1) is 0 Å². The molecule has 0 amide bonds. The van der Waals surface area contributed by atoms with Crippen LogP contribution in [0.1, 0.15) is 0 Å². The molecule has 13 rings (SSSR count). The Kier molecular flexibility index (Phi) is 7.75. The molecule has 0 atom stereocenters. The lowest BCUT2D eigenvalue weighted by Gasteiger charge is -2.40. The number of aromatic nitrogens is 4. The summed E-state index contributed by atoms with van der Waals surface area (Å²) in [4.78, 5) is 44.2. The summed E-state index contributed by atoms with van der Waals surface area (Å²) < 4.78 is 0. The Labute approximate surface area is 366 Å². The van der Waals surface area contributed by atoms with E-state index in [4.69, 9.17) is 19.9 Å². The summed E-state index contributed by atoms with van der Waals surface area (Å²) in [7, 11) is 8.43. The Morgan fingerprint density at radius 2 is 0.633 bits per heavy atom. The minimum absolute atomic E-state index is 0.0522. The van der Waals surface area contributed by atoms with Gasteiger partial charge in [0.1, 0.15) is 0 Å². The Bertz CT molecular complexity index is 2480. The van der Waals surface area contributed by atoms with Crippen LogP contribution in [0.5, 0.6) is 0 Å². The highest BCUT2D eigenvalue weighted by Gasteiger charge is 2.49. The predicted molar refractivity (Wildman–Crippen MR) is 246 cm³/mol. The van der Waals surface area contributed by atoms with Crippen LogP contribution in [0, 0.1) is 0 Å². The average molecular weight is 859 g/mol. The van der Waals surface area contributed by atoms with Crippen molar-refractivity contribution in [1.29, 1.82) is 0 Å². The molecule has 0 fully saturated rings. The number of benzene rings is 1. The molecule has 5 aromatic rings. The summed E-state index contributed by atoms with van der Waals surface area (Å²) >= 11 is 7.32. The van der Waals surface area contributed by atoms with Gasteiger partial charge < -0.3 is 39.2 Å². The van der Waals surface area contributed by atoms with Gasteiger partial charge in [0, 0.05) is 97.4 Å². The Morgan fingerprint density at radius 3 is 0.850 bits per heavy atom. The number of pyridine rings is 4. The number of fused-ring (bicyclic) bond motifs is 10.